The highest BCUT2D eigenvalue weighted by Crippen LogP contribution is 2.33. The van der Waals surface area contributed by atoms with Crippen LogP contribution in [0.3, 0.4) is 0 Å². The van der Waals surface area contributed by atoms with Gasteiger partial charge in [-0.25, -0.2) is 0 Å². The molecule has 0 aliphatic heterocycles. The van der Waals surface area contributed by atoms with Crippen molar-refractivity contribution in [2.45, 2.75) is 71.4 Å². The third kappa shape index (κ3) is 4.84. The number of hydrogen-bond acceptors (Lipinski definition) is 2. The van der Waals surface area contributed by atoms with Crippen LogP contribution in [0.2, 0.25) is 0 Å². The number of rotatable bonds is 5. The van der Waals surface area contributed by atoms with Crippen molar-refractivity contribution in [3.63, 3.8) is 0 Å². The van der Waals surface area contributed by atoms with Crippen LogP contribution in [0, 0.1) is 17.8 Å². The molecule has 0 radical (unpaired) electrons. The monoisotopic (exact) mass is 226 g/mol. The first-order valence-electron chi connectivity index (χ1n) is 7.00. The molecule has 1 rings (SSSR count). The van der Waals surface area contributed by atoms with E-state index in [9.17, 15) is 0 Å². The van der Waals surface area contributed by atoms with E-state index in [1.807, 2.05) is 0 Å². The van der Waals surface area contributed by atoms with Gasteiger partial charge in [0.2, 0.25) is 0 Å². The summed E-state index contributed by atoms with van der Waals surface area (Å²) in [4.78, 5) is 0. The Labute approximate surface area is 101 Å². The van der Waals surface area contributed by atoms with Gasteiger partial charge in [0.15, 0.2) is 0 Å². The van der Waals surface area contributed by atoms with E-state index in [1.165, 1.54) is 38.5 Å². The van der Waals surface area contributed by atoms with E-state index in [4.69, 9.17) is 11.5 Å². The van der Waals surface area contributed by atoms with Crippen LogP contribution < -0.4 is 11.5 Å². The zero-order valence-corrected chi connectivity index (χ0v) is 11.3. The van der Waals surface area contributed by atoms with E-state index < -0.39 is 0 Å². The normalized spacial score (nSPS) is 34.7. The van der Waals surface area contributed by atoms with Gasteiger partial charge in [0.05, 0.1) is 0 Å². The Morgan fingerprint density at radius 3 is 2.44 bits per heavy atom. The van der Waals surface area contributed by atoms with Gasteiger partial charge in [0, 0.05) is 12.1 Å². The molecule has 0 heterocycles. The van der Waals surface area contributed by atoms with E-state index in [0.29, 0.717) is 12.1 Å². The van der Waals surface area contributed by atoms with Crippen LogP contribution in [0.25, 0.3) is 0 Å². The van der Waals surface area contributed by atoms with Crippen molar-refractivity contribution in [2.24, 2.45) is 29.2 Å². The SMILES string of the molecule is CC(N)CCC(C)CC1CCC(N)C(C)C1. The second-order valence-corrected chi connectivity index (χ2v) is 6.22. The van der Waals surface area contributed by atoms with Crippen LogP contribution in [-0.2, 0) is 0 Å². The fourth-order valence-corrected chi connectivity index (χ4v) is 2.98. The molecule has 5 atom stereocenters. The van der Waals surface area contributed by atoms with E-state index in [-0.39, 0.29) is 0 Å². The molecule has 0 amide bonds. The summed E-state index contributed by atoms with van der Waals surface area (Å²) in [6.45, 7) is 6.79. The molecule has 0 aromatic heterocycles. The van der Waals surface area contributed by atoms with Crippen molar-refractivity contribution in [3.8, 4) is 0 Å². The Morgan fingerprint density at radius 1 is 1.19 bits per heavy atom. The summed E-state index contributed by atoms with van der Waals surface area (Å²) in [7, 11) is 0. The molecular weight excluding hydrogens is 196 g/mol. The standard InChI is InChI=1S/C14H30N2/c1-10(4-5-12(3)15)8-13-6-7-14(16)11(2)9-13/h10-14H,4-9,15-16H2,1-3H3. The molecular formula is C14H30N2. The van der Waals surface area contributed by atoms with Crippen molar-refractivity contribution < 1.29 is 0 Å². The van der Waals surface area contributed by atoms with Crippen molar-refractivity contribution in [1.29, 1.82) is 0 Å². The predicted molar refractivity (Wildman–Crippen MR) is 71.1 cm³/mol. The molecule has 0 saturated heterocycles. The maximum Gasteiger partial charge on any atom is 0.00647 e. The van der Waals surface area contributed by atoms with Crippen LogP contribution >= 0.6 is 0 Å². The Bertz CT molecular complexity index is 191. The summed E-state index contributed by atoms with van der Waals surface area (Å²) in [5, 5.41) is 0. The van der Waals surface area contributed by atoms with Gasteiger partial charge in [-0.05, 0) is 63.2 Å². The van der Waals surface area contributed by atoms with Gasteiger partial charge >= 0.3 is 0 Å². The summed E-state index contributed by atoms with van der Waals surface area (Å²) in [6.07, 6.45) is 7.74. The fraction of sp³-hybridized carbons (Fsp3) is 1.00. The second kappa shape index (κ2) is 6.61. The maximum atomic E-state index is 6.05. The Balaban J connectivity index is 2.21. The van der Waals surface area contributed by atoms with E-state index in [2.05, 4.69) is 20.8 Å². The van der Waals surface area contributed by atoms with Gasteiger partial charge in [0.1, 0.15) is 0 Å². The minimum Gasteiger partial charge on any atom is -0.328 e. The maximum absolute atomic E-state index is 6.05. The van der Waals surface area contributed by atoms with Gasteiger partial charge in [-0.3, -0.25) is 0 Å². The zero-order chi connectivity index (χ0) is 12.1. The van der Waals surface area contributed by atoms with Crippen LogP contribution in [0.5, 0.6) is 0 Å². The third-order valence-corrected chi connectivity index (χ3v) is 4.19. The van der Waals surface area contributed by atoms with Crippen molar-refractivity contribution in [2.75, 3.05) is 0 Å². The number of hydrogen-bond donors (Lipinski definition) is 2. The molecule has 0 bridgehead atoms. The Kier molecular flexibility index (Phi) is 5.77. The van der Waals surface area contributed by atoms with Crippen molar-refractivity contribution >= 4 is 0 Å². The largest absolute Gasteiger partial charge is 0.328 e. The van der Waals surface area contributed by atoms with Gasteiger partial charge < -0.3 is 11.5 Å². The lowest BCUT2D eigenvalue weighted by molar-refractivity contribution is 0.213. The lowest BCUT2D eigenvalue weighted by atomic mass is 9.75. The fourth-order valence-electron chi connectivity index (χ4n) is 2.98. The average Bonchev–Trinajstić information content (AvgIpc) is 2.21. The Hall–Kier alpha value is -0.0800. The molecule has 1 fully saturated rings. The third-order valence-electron chi connectivity index (χ3n) is 4.19. The summed E-state index contributed by atoms with van der Waals surface area (Å²) < 4.78 is 0. The highest BCUT2D eigenvalue weighted by molar-refractivity contribution is 4.80. The van der Waals surface area contributed by atoms with Gasteiger partial charge in [0.25, 0.3) is 0 Å². The molecule has 2 heteroatoms. The van der Waals surface area contributed by atoms with Crippen LogP contribution in [0.1, 0.15) is 59.3 Å². The molecule has 96 valence electrons. The first-order chi connectivity index (χ1) is 7.49. The minimum absolute atomic E-state index is 0.362. The molecule has 4 N–H and O–H groups in total. The van der Waals surface area contributed by atoms with Gasteiger partial charge in [-0.2, -0.15) is 0 Å². The molecule has 1 saturated carbocycles. The van der Waals surface area contributed by atoms with Crippen molar-refractivity contribution in [3.05, 3.63) is 0 Å². The van der Waals surface area contributed by atoms with E-state index in [1.54, 1.807) is 0 Å². The molecule has 2 nitrogen and oxygen atoms in total. The molecule has 0 spiro atoms. The van der Waals surface area contributed by atoms with Gasteiger partial charge in [-0.1, -0.05) is 13.8 Å². The summed E-state index contributed by atoms with van der Waals surface area (Å²) >= 11 is 0. The molecule has 1 aliphatic carbocycles. The molecule has 16 heavy (non-hydrogen) atoms. The molecule has 0 aromatic rings. The summed E-state index contributed by atoms with van der Waals surface area (Å²) in [6, 6.07) is 0.816. The highest BCUT2D eigenvalue weighted by atomic mass is 14.7. The lowest BCUT2D eigenvalue weighted by Gasteiger charge is -2.33. The van der Waals surface area contributed by atoms with Gasteiger partial charge in [-0.15, -0.1) is 0 Å². The van der Waals surface area contributed by atoms with Crippen LogP contribution in [-0.4, -0.2) is 12.1 Å². The molecule has 1 aliphatic rings. The molecule has 0 aromatic carbocycles. The van der Waals surface area contributed by atoms with E-state index in [0.717, 1.165) is 17.8 Å². The minimum atomic E-state index is 0.362. The first-order valence-corrected chi connectivity index (χ1v) is 7.00. The zero-order valence-electron chi connectivity index (χ0n) is 11.3. The van der Waals surface area contributed by atoms with E-state index >= 15 is 0 Å². The van der Waals surface area contributed by atoms with Crippen LogP contribution in [0.4, 0.5) is 0 Å². The lowest BCUT2D eigenvalue weighted by Crippen LogP contribution is -2.34. The second-order valence-electron chi connectivity index (χ2n) is 6.22. The first kappa shape index (κ1) is 14.0. The predicted octanol–water partition coefficient (Wildman–Crippen LogP) is 2.90. The van der Waals surface area contributed by atoms with Crippen LogP contribution in [0.15, 0.2) is 0 Å². The Morgan fingerprint density at radius 2 is 1.88 bits per heavy atom. The highest BCUT2D eigenvalue weighted by Gasteiger charge is 2.25. The quantitative estimate of drug-likeness (QED) is 0.757. The van der Waals surface area contributed by atoms with Crippen molar-refractivity contribution in [1.82, 2.24) is 0 Å². The average molecular weight is 226 g/mol. The summed E-state index contributed by atoms with van der Waals surface area (Å²) in [5.41, 5.74) is 11.9. The molecule has 5 unspecified atom stereocenters. The smallest absolute Gasteiger partial charge is 0.00647 e. The topological polar surface area (TPSA) is 52.0 Å². The number of nitrogens with two attached hydrogens (primary N) is 2. The summed E-state index contributed by atoms with van der Waals surface area (Å²) in [5.74, 6) is 2.47.